The number of H-pyrrole nitrogens is 1. The van der Waals surface area contributed by atoms with Gasteiger partial charge in [-0.05, 0) is 30.8 Å². The minimum atomic E-state index is 0.528. The first-order valence-electron chi connectivity index (χ1n) is 3.17. The fourth-order valence-electron chi connectivity index (χ4n) is 0.899. The Kier molecular flexibility index (Phi) is 1.25. The van der Waals surface area contributed by atoms with Crippen LogP contribution in [-0.2, 0) is 0 Å². The Bertz CT molecular complexity index is 441. The number of hydrogen-bond donors (Lipinski definition) is 1. The predicted molar refractivity (Wildman–Crippen MR) is 42.9 cm³/mol. The van der Waals surface area contributed by atoms with Crippen LogP contribution in [0.1, 0.15) is 5.56 Å². The van der Waals surface area contributed by atoms with Gasteiger partial charge >= 0.3 is 0 Å². The maximum absolute atomic E-state index is 4.91. The molecule has 2 aromatic heterocycles. The Morgan fingerprint density at radius 1 is 1.64 bits per heavy atom. The van der Waals surface area contributed by atoms with Crippen LogP contribution in [0.25, 0.3) is 5.65 Å². The van der Waals surface area contributed by atoms with Gasteiger partial charge in [-0.15, -0.1) is 0 Å². The van der Waals surface area contributed by atoms with Crippen molar-refractivity contribution >= 4 is 17.9 Å². The van der Waals surface area contributed by atoms with E-state index in [2.05, 4.69) is 15.3 Å². The van der Waals surface area contributed by atoms with E-state index in [4.69, 9.17) is 12.2 Å². The van der Waals surface area contributed by atoms with E-state index in [-0.39, 0.29) is 0 Å². The second kappa shape index (κ2) is 2.13. The van der Waals surface area contributed by atoms with Crippen LogP contribution in [0, 0.1) is 11.7 Å². The molecule has 0 saturated carbocycles. The molecule has 0 bridgehead atoms. The minimum absolute atomic E-state index is 0.528. The number of aromatic amines is 1. The van der Waals surface area contributed by atoms with Crippen LogP contribution in [0.4, 0.5) is 0 Å². The van der Waals surface area contributed by atoms with Gasteiger partial charge in [0.1, 0.15) is 0 Å². The molecule has 0 fully saturated rings. The molecule has 0 spiro atoms. The molecule has 5 heteroatoms. The molecule has 1 N–H and O–H groups in total. The SMILES string of the molecule is Cc1cnn2c(=S)[nH]nc2c1. The topological polar surface area (TPSA) is 46.0 Å². The van der Waals surface area contributed by atoms with Crippen molar-refractivity contribution in [1.29, 1.82) is 0 Å². The van der Waals surface area contributed by atoms with Gasteiger partial charge in [-0.3, -0.25) is 0 Å². The summed E-state index contributed by atoms with van der Waals surface area (Å²) in [5.41, 5.74) is 1.83. The van der Waals surface area contributed by atoms with E-state index in [1.54, 1.807) is 10.7 Å². The number of nitrogens with zero attached hydrogens (tertiary/aromatic N) is 3. The highest BCUT2D eigenvalue weighted by atomic mass is 32.1. The standard InChI is InChI=1S/C6H6N4S/c1-4-2-5-8-9-6(11)10(5)7-3-4/h2-3H,1H3,(H,9,11). The summed E-state index contributed by atoms with van der Waals surface area (Å²) in [5, 5.41) is 10.7. The zero-order chi connectivity index (χ0) is 7.84. The van der Waals surface area contributed by atoms with Crippen molar-refractivity contribution in [1.82, 2.24) is 19.8 Å². The predicted octanol–water partition coefficient (Wildman–Crippen LogP) is 1.10. The number of rotatable bonds is 0. The van der Waals surface area contributed by atoms with Crippen molar-refractivity contribution < 1.29 is 0 Å². The molecule has 0 saturated heterocycles. The molecule has 11 heavy (non-hydrogen) atoms. The minimum Gasteiger partial charge on any atom is -0.250 e. The van der Waals surface area contributed by atoms with Crippen LogP contribution in [-0.4, -0.2) is 19.8 Å². The van der Waals surface area contributed by atoms with Gasteiger partial charge in [-0.1, -0.05) is 0 Å². The quantitative estimate of drug-likeness (QED) is 0.596. The number of fused-ring (bicyclic) bond motifs is 1. The molecule has 0 amide bonds. The molecule has 4 nitrogen and oxygen atoms in total. The maximum Gasteiger partial charge on any atom is 0.216 e. The van der Waals surface area contributed by atoms with E-state index in [9.17, 15) is 0 Å². The maximum atomic E-state index is 4.91. The first-order valence-corrected chi connectivity index (χ1v) is 3.58. The first-order chi connectivity index (χ1) is 5.27. The summed E-state index contributed by atoms with van der Waals surface area (Å²) in [5.74, 6) is 0. The summed E-state index contributed by atoms with van der Waals surface area (Å²) in [7, 11) is 0. The van der Waals surface area contributed by atoms with E-state index in [0.717, 1.165) is 11.2 Å². The molecule has 0 aliphatic rings. The molecule has 56 valence electrons. The molecule has 2 aromatic rings. The van der Waals surface area contributed by atoms with Crippen molar-refractivity contribution in [2.75, 3.05) is 0 Å². The number of aromatic nitrogens is 4. The number of hydrogen-bond acceptors (Lipinski definition) is 3. The van der Waals surface area contributed by atoms with Gasteiger partial charge in [0.2, 0.25) is 4.77 Å². The van der Waals surface area contributed by atoms with Crippen LogP contribution in [0.3, 0.4) is 0 Å². The van der Waals surface area contributed by atoms with Gasteiger partial charge in [0.05, 0.1) is 6.20 Å². The van der Waals surface area contributed by atoms with Gasteiger partial charge in [0, 0.05) is 0 Å². The van der Waals surface area contributed by atoms with Crippen molar-refractivity contribution in [2.45, 2.75) is 6.92 Å². The zero-order valence-corrected chi connectivity index (χ0v) is 6.72. The summed E-state index contributed by atoms with van der Waals surface area (Å²) in [6.45, 7) is 1.96. The Morgan fingerprint density at radius 2 is 2.45 bits per heavy atom. The van der Waals surface area contributed by atoms with E-state index in [1.165, 1.54) is 0 Å². The van der Waals surface area contributed by atoms with E-state index in [0.29, 0.717) is 4.77 Å². The van der Waals surface area contributed by atoms with Crippen LogP contribution in [0.2, 0.25) is 0 Å². The Morgan fingerprint density at radius 3 is 3.27 bits per heavy atom. The highest BCUT2D eigenvalue weighted by molar-refractivity contribution is 7.71. The summed E-state index contributed by atoms with van der Waals surface area (Å²) >= 11 is 4.91. The van der Waals surface area contributed by atoms with Crippen LogP contribution in [0.15, 0.2) is 12.3 Å². The average Bonchev–Trinajstić information content (AvgIpc) is 2.32. The highest BCUT2D eigenvalue weighted by Crippen LogP contribution is 1.99. The molecule has 0 aromatic carbocycles. The van der Waals surface area contributed by atoms with Gasteiger partial charge in [0.15, 0.2) is 5.65 Å². The van der Waals surface area contributed by atoms with Crippen molar-refractivity contribution in [3.8, 4) is 0 Å². The van der Waals surface area contributed by atoms with Gasteiger partial charge < -0.3 is 0 Å². The van der Waals surface area contributed by atoms with Crippen LogP contribution in [0.5, 0.6) is 0 Å². The third-order valence-corrected chi connectivity index (χ3v) is 1.67. The summed E-state index contributed by atoms with van der Waals surface area (Å²) < 4.78 is 2.11. The normalized spacial score (nSPS) is 10.6. The van der Waals surface area contributed by atoms with Gasteiger partial charge in [-0.2, -0.15) is 14.7 Å². The molecule has 0 aliphatic carbocycles. The highest BCUT2D eigenvalue weighted by Gasteiger charge is 1.95. The van der Waals surface area contributed by atoms with Gasteiger partial charge in [0.25, 0.3) is 0 Å². The van der Waals surface area contributed by atoms with Crippen molar-refractivity contribution in [3.63, 3.8) is 0 Å². The smallest absolute Gasteiger partial charge is 0.216 e. The largest absolute Gasteiger partial charge is 0.250 e. The third-order valence-electron chi connectivity index (χ3n) is 1.41. The molecule has 0 aliphatic heterocycles. The van der Waals surface area contributed by atoms with Crippen LogP contribution < -0.4 is 0 Å². The van der Waals surface area contributed by atoms with E-state index in [1.807, 2.05) is 13.0 Å². The second-order valence-corrected chi connectivity index (χ2v) is 2.72. The molecule has 2 heterocycles. The number of aryl methyl sites for hydroxylation is 1. The Balaban J connectivity index is 2.97. The third kappa shape index (κ3) is 0.932. The van der Waals surface area contributed by atoms with E-state index < -0.39 is 0 Å². The summed E-state index contributed by atoms with van der Waals surface area (Å²) in [6, 6.07) is 1.92. The fraction of sp³-hybridized carbons (Fsp3) is 0.167. The summed E-state index contributed by atoms with van der Waals surface area (Å²) in [4.78, 5) is 0. The Hall–Kier alpha value is -1.23. The lowest BCUT2D eigenvalue weighted by molar-refractivity contribution is 0.902. The lowest BCUT2D eigenvalue weighted by Crippen LogP contribution is -1.90. The molecular formula is C6H6N4S. The van der Waals surface area contributed by atoms with Crippen molar-refractivity contribution in [2.24, 2.45) is 0 Å². The fourth-order valence-corrected chi connectivity index (χ4v) is 1.08. The molecule has 0 radical (unpaired) electrons. The number of nitrogens with one attached hydrogen (secondary N) is 1. The molecule has 0 atom stereocenters. The zero-order valence-electron chi connectivity index (χ0n) is 5.90. The lowest BCUT2D eigenvalue weighted by Gasteiger charge is -1.90. The first kappa shape index (κ1) is 6.48. The average molecular weight is 166 g/mol. The molecule has 0 unspecified atom stereocenters. The van der Waals surface area contributed by atoms with E-state index >= 15 is 0 Å². The monoisotopic (exact) mass is 166 g/mol. The van der Waals surface area contributed by atoms with Gasteiger partial charge in [-0.25, -0.2) is 5.10 Å². The van der Waals surface area contributed by atoms with Crippen molar-refractivity contribution in [3.05, 3.63) is 22.6 Å². The lowest BCUT2D eigenvalue weighted by atomic mass is 10.3. The summed E-state index contributed by atoms with van der Waals surface area (Å²) in [6.07, 6.45) is 1.75. The van der Waals surface area contributed by atoms with Crippen LogP contribution >= 0.6 is 12.2 Å². The Labute approximate surface area is 67.9 Å². The molecule has 2 rings (SSSR count). The molecular weight excluding hydrogens is 160 g/mol. The second-order valence-electron chi connectivity index (χ2n) is 2.33.